The lowest BCUT2D eigenvalue weighted by molar-refractivity contribution is -0.108. The SMILES string of the molecule is CCCN(CCC)C1CCc2ccc3[nH]cc(C(=O)C(=O)Cl)c3c2C1. The van der Waals surface area contributed by atoms with Crippen molar-refractivity contribution >= 4 is 33.5 Å². The lowest BCUT2D eigenvalue weighted by Crippen LogP contribution is -2.40. The number of carbonyl (C=O) groups excluding carboxylic acids is 2. The summed E-state index contributed by atoms with van der Waals surface area (Å²) in [4.78, 5) is 29.3. The Morgan fingerprint density at radius 3 is 2.60 bits per heavy atom. The van der Waals surface area contributed by atoms with Crippen LogP contribution in [-0.4, -0.2) is 40.0 Å². The first-order valence-electron chi connectivity index (χ1n) is 9.16. The number of benzene rings is 1. The summed E-state index contributed by atoms with van der Waals surface area (Å²) in [5.41, 5.74) is 3.80. The Balaban J connectivity index is 2.02. The molecule has 3 rings (SSSR count). The summed E-state index contributed by atoms with van der Waals surface area (Å²) in [5, 5.41) is -0.0430. The number of nitrogens with zero attached hydrogens (tertiary/aromatic N) is 1. The molecule has 0 spiro atoms. The molecule has 1 aromatic carbocycles. The minimum atomic E-state index is -0.926. The molecular formula is C20H25ClN2O2. The van der Waals surface area contributed by atoms with Crippen LogP contribution in [0.15, 0.2) is 18.3 Å². The van der Waals surface area contributed by atoms with Crippen LogP contribution in [0.2, 0.25) is 0 Å². The zero-order valence-corrected chi connectivity index (χ0v) is 15.7. The lowest BCUT2D eigenvalue weighted by atomic mass is 9.84. The fourth-order valence-corrected chi connectivity index (χ4v) is 4.22. The molecule has 1 unspecified atom stereocenters. The Hall–Kier alpha value is -1.65. The Morgan fingerprint density at radius 1 is 1.24 bits per heavy atom. The van der Waals surface area contributed by atoms with Crippen LogP contribution < -0.4 is 0 Å². The fourth-order valence-electron chi connectivity index (χ4n) is 4.12. The van der Waals surface area contributed by atoms with Crippen LogP contribution in [0.4, 0.5) is 0 Å². The van der Waals surface area contributed by atoms with E-state index < -0.39 is 11.0 Å². The molecule has 134 valence electrons. The highest BCUT2D eigenvalue weighted by molar-refractivity contribution is 6.83. The topological polar surface area (TPSA) is 53.2 Å². The number of carbonyl (C=O) groups is 2. The van der Waals surface area contributed by atoms with Crippen molar-refractivity contribution in [2.75, 3.05) is 13.1 Å². The largest absolute Gasteiger partial charge is 0.360 e. The molecule has 1 aliphatic carbocycles. The van der Waals surface area contributed by atoms with Crippen LogP contribution in [0.5, 0.6) is 0 Å². The summed E-state index contributed by atoms with van der Waals surface area (Å²) < 4.78 is 0. The summed E-state index contributed by atoms with van der Waals surface area (Å²) >= 11 is 5.45. The number of aryl methyl sites for hydroxylation is 1. The maximum absolute atomic E-state index is 12.2. The molecule has 1 aromatic heterocycles. The highest BCUT2D eigenvalue weighted by atomic mass is 35.5. The van der Waals surface area contributed by atoms with Gasteiger partial charge in [0, 0.05) is 23.1 Å². The van der Waals surface area contributed by atoms with Crippen molar-refractivity contribution in [3.63, 3.8) is 0 Å². The van der Waals surface area contributed by atoms with E-state index in [1.807, 2.05) is 6.07 Å². The van der Waals surface area contributed by atoms with Gasteiger partial charge in [0.15, 0.2) is 0 Å². The highest BCUT2D eigenvalue weighted by Gasteiger charge is 2.28. The van der Waals surface area contributed by atoms with Crippen molar-refractivity contribution in [3.8, 4) is 0 Å². The van der Waals surface area contributed by atoms with E-state index in [-0.39, 0.29) is 0 Å². The predicted molar refractivity (Wildman–Crippen MR) is 101 cm³/mol. The van der Waals surface area contributed by atoms with Crippen molar-refractivity contribution in [3.05, 3.63) is 35.0 Å². The number of aromatic amines is 1. The Morgan fingerprint density at radius 2 is 1.96 bits per heavy atom. The van der Waals surface area contributed by atoms with E-state index >= 15 is 0 Å². The number of halogens is 1. The van der Waals surface area contributed by atoms with Crippen LogP contribution in [0, 0.1) is 0 Å². The molecule has 5 heteroatoms. The molecule has 0 bridgehead atoms. The van der Waals surface area contributed by atoms with Crippen LogP contribution >= 0.6 is 11.6 Å². The second kappa shape index (κ2) is 7.71. The molecule has 2 aromatic rings. The van der Waals surface area contributed by atoms with E-state index in [1.54, 1.807) is 6.20 Å². The molecule has 0 amide bonds. The number of H-pyrrole nitrogens is 1. The maximum Gasteiger partial charge on any atom is 0.293 e. The predicted octanol–water partition coefficient (Wildman–Crippen LogP) is 4.10. The molecule has 0 aliphatic heterocycles. The van der Waals surface area contributed by atoms with E-state index in [0.29, 0.717) is 11.6 Å². The second-order valence-electron chi connectivity index (χ2n) is 6.86. The van der Waals surface area contributed by atoms with Gasteiger partial charge in [-0.25, -0.2) is 0 Å². The first kappa shape index (κ1) is 18.2. The molecule has 1 aliphatic rings. The minimum absolute atomic E-state index is 0.407. The van der Waals surface area contributed by atoms with E-state index in [2.05, 4.69) is 29.8 Å². The standard InChI is InChI=1S/C20H25ClN2O2/c1-3-9-23(10-4-2)14-7-5-13-6-8-17-18(15(13)11-14)16(12-22-17)19(24)20(21)25/h6,8,12,14,22H,3-5,7,9-11H2,1-2H3. The zero-order valence-electron chi connectivity index (χ0n) is 14.9. The number of ketones is 1. The van der Waals surface area contributed by atoms with Gasteiger partial charge in [-0.15, -0.1) is 0 Å². The second-order valence-corrected chi connectivity index (χ2v) is 7.21. The van der Waals surface area contributed by atoms with Gasteiger partial charge in [-0.1, -0.05) is 19.9 Å². The van der Waals surface area contributed by atoms with Gasteiger partial charge >= 0.3 is 0 Å². The van der Waals surface area contributed by atoms with Gasteiger partial charge in [-0.05, 0) is 74.0 Å². The van der Waals surface area contributed by atoms with Crippen LogP contribution in [0.3, 0.4) is 0 Å². The third-order valence-electron chi connectivity index (χ3n) is 5.20. The molecule has 25 heavy (non-hydrogen) atoms. The number of hydrogen-bond acceptors (Lipinski definition) is 3. The monoisotopic (exact) mass is 360 g/mol. The molecule has 1 heterocycles. The van der Waals surface area contributed by atoms with Gasteiger partial charge in [0.1, 0.15) is 0 Å². The quantitative estimate of drug-likeness (QED) is 0.459. The fraction of sp³-hybridized carbons (Fsp3) is 0.500. The van der Waals surface area contributed by atoms with Gasteiger partial charge in [0.05, 0.1) is 5.56 Å². The third kappa shape index (κ3) is 3.51. The van der Waals surface area contributed by atoms with E-state index in [9.17, 15) is 9.59 Å². The third-order valence-corrected chi connectivity index (χ3v) is 5.37. The number of hydrogen-bond donors (Lipinski definition) is 1. The Labute approximate surface area is 153 Å². The van der Waals surface area contributed by atoms with Gasteiger partial charge < -0.3 is 9.88 Å². The van der Waals surface area contributed by atoms with Crippen molar-refractivity contribution in [2.24, 2.45) is 0 Å². The van der Waals surface area contributed by atoms with Crippen LogP contribution in [0.25, 0.3) is 10.9 Å². The number of fused-ring (bicyclic) bond motifs is 3. The first-order chi connectivity index (χ1) is 12.1. The van der Waals surface area contributed by atoms with E-state index in [1.165, 1.54) is 11.1 Å². The molecule has 0 radical (unpaired) electrons. The average Bonchev–Trinajstić information content (AvgIpc) is 3.04. The summed E-state index contributed by atoms with van der Waals surface area (Å²) in [6.07, 6.45) is 6.97. The average molecular weight is 361 g/mol. The molecule has 1 N–H and O–H groups in total. The number of nitrogens with one attached hydrogen (secondary N) is 1. The van der Waals surface area contributed by atoms with E-state index in [0.717, 1.165) is 56.1 Å². The van der Waals surface area contributed by atoms with Gasteiger partial charge in [0.25, 0.3) is 5.24 Å². The van der Waals surface area contributed by atoms with Gasteiger partial charge in [-0.3, -0.25) is 9.59 Å². The van der Waals surface area contributed by atoms with Crippen LogP contribution in [-0.2, 0) is 17.6 Å². The molecule has 1 atom stereocenters. The van der Waals surface area contributed by atoms with Crippen LogP contribution in [0.1, 0.15) is 54.6 Å². The van der Waals surface area contributed by atoms with E-state index in [4.69, 9.17) is 11.6 Å². The number of aromatic nitrogens is 1. The first-order valence-corrected chi connectivity index (χ1v) is 9.54. The summed E-state index contributed by atoms with van der Waals surface area (Å²) in [5.74, 6) is -0.623. The maximum atomic E-state index is 12.2. The molecule has 0 saturated heterocycles. The summed E-state index contributed by atoms with van der Waals surface area (Å²) in [7, 11) is 0. The molecule has 0 saturated carbocycles. The zero-order chi connectivity index (χ0) is 18.0. The van der Waals surface area contributed by atoms with Gasteiger partial charge in [0.2, 0.25) is 5.78 Å². The van der Waals surface area contributed by atoms with Gasteiger partial charge in [-0.2, -0.15) is 0 Å². The van der Waals surface area contributed by atoms with Crippen molar-refractivity contribution < 1.29 is 9.59 Å². The van der Waals surface area contributed by atoms with Crippen molar-refractivity contribution in [1.29, 1.82) is 0 Å². The molecule has 4 nitrogen and oxygen atoms in total. The highest BCUT2D eigenvalue weighted by Crippen LogP contribution is 2.33. The molecular weight excluding hydrogens is 336 g/mol. The smallest absolute Gasteiger partial charge is 0.293 e. The summed E-state index contributed by atoms with van der Waals surface area (Å²) in [6, 6.07) is 4.63. The Bertz CT molecular complexity index is 790. The summed E-state index contributed by atoms with van der Waals surface area (Å²) in [6.45, 7) is 6.63. The normalized spacial score (nSPS) is 17.0. The van der Waals surface area contributed by atoms with Crippen molar-refractivity contribution in [2.45, 2.75) is 52.0 Å². The Kier molecular flexibility index (Phi) is 5.60. The lowest BCUT2D eigenvalue weighted by Gasteiger charge is -2.35. The minimum Gasteiger partial charge on any atom is -0.360 e. The molecule has 0 fully saturated rings. The number of Topliss-reactive ketones (excluding diaryl/α,β-unsaturated/α-hetero) is 1. The number of rotatable bonds is 7. The van der Waals surface area contributed by atoms with Crippen molar-refractivity contribution in [1.82, 2.24) is 9.88 Å².